The summed E-state index contributed by atoms with van der Waals surface area (Å²) >= 11 is 0. The first kappa shape index (κ1) is 30.2. The molecular weight excluding hydrogens is 520 g/mol. The summed E-state index contributed by atoms with van der Waals surface area (Å²) in [6, 6.07) is 1.89. The van der Waals surface area contributed by atoms with E-state index in [0.29, 0.717) is 0 Å². The summed E-state index contributed by atoms with van der Waals surface area (Å²) in [4.78, 5) is 28.7. The molecule has 15 heteroatoms. The Hall–Kier alpha value is -3.04. The van der Waals surface area contributed by atoms with Gasteiger partial charge in [0.25, 0.3) is 0 Å². The highest BCUT2D eigenvalue weighted by Gasteiger charge is 2.47. The van der Waals surface area contributed by atoms with Gasteiger partial charge in [-0.15, -0.1) is 13.2 Å². The van der Waals surface area contributed by atoms with E-state index in [1.165, 1.54) is 5.64 Å². The molecule has 0 fully saturated rings. The van der Waals surface area contributed by atoms with Crippen LogP contribution in [0.15, 0.2) is 17.7 Å². The van der Waals surface area contributed by atoms with Crippen molar-refractivity contribution in [2.45, 2.75) is 46.2 Å². The van der Waals surface area contributed by atoms with E-state index in [4.69, 9.17) is 9.94 Å². The van der Waals surface area contributed by atoms with Crippen LogP contribution < -0.4 is 10.4 Å². The van der Waals surface area contributed by atoms with Crippen molar-refractivity contribution < 1.29 is 64.9 Å². The maximum Gasteiger partial charge on any atom is 0.573 e. The smallest absolute Gasteiger partial charge is 0.434 e. The predicted molar refractivity (Wildman–Crippen MR) is 112 cm³/mol. The van der Waals surface area contributed by atoms with E-state index in [2.05, 4.69) is 19.0 Å². The van der Waals surface area contributed by atoms with Crippen LogP contribution in [0.3, 0.4) is 0 Å². The maximum atomic E-state index is 13.8. The Labute approximate surface area is 207 Å². The number of aryl methyl sites for hydroxylation is 1. The van der Waals surface area contributed by atoms with Gasteiger partial charge in [0.1, 0.15) is 12.4 Å². The minimum absolute atomic E-state index is 0.0619. The number of hydrogen-bond donors (Lipinski definition) is 2. The van der Waals surface area contributed by atoms with Crippen LogP contribution in [0.2, 0.25) is 0 Å². The average Bonchev–Trinajstić information content (AvgIpc) is 2.78. The van der Waals surface area contributed by atoms with Gasteiger partial charge in [0.15, 0.2) is 0 Å². The summed E-state index contributed by atoms with van der Waals surface area (Å²) in [6.45, 7) is 3.36. The molecule has 37 heavy (non-hydrogen) atoms. The number of fused-ring (bicyclic) bond motifs is 1. The van der Waals surface area contributed by atoms with Crippen molar-refractivity contribution in [2.24, 2.45) is 11.3 Å². The molecule has 2 N–H and O–H groups in total. The number of halogens is 6. The quantitative estimate of drug-likeness (QED) is 0.184. The first-order valence-electron chi connectivity index (χ1n) is 10.7. The van der Waals surface area contributed by atoms with Crippen molar-refractivity contribution in [3.05, 3.63) is 34.4 Å². The number of nitrogens with one attached hydrogen (secondary N) is 1. The Morgan fingerprint density at radius 3 is 2.30 bits per heavy atom. The molecule has 1 aliphatic carbocycles. The van der Waals surface area contributed by atoms with Crippen molar-refractivity contribution in [3.63, 3.8) is 0 Å². The fourth-order valence-electron chi connectivity index (χ4n) is 3.47. The molecule has 2 rings (SSSR count). The third-order valence-electron chi connectivity index (χ3n) is 5.17. The number of rotatable bonds is 10. The van der Waals surface area contributed by atoms with Crippen molar-refractivity contribution in [1.82, 2.24) is 5.64 Å². The van der Waals surface area contributed by atoms with Gasteiger partial charge in [-0.25, -0.2) is 9.59 Å². The fourth-order valence-corrected chi connectivity index (χ4v) is 3.47. The lowest BCUT2D eigenvalue weighted by molar-refractivity contribution is -0.274. The van der Waals surface area contributed by atoms with Gasteiger partial charge in [-0.2, -0.15) is 13.2 Å². The highest BCUT2D eigenvalue weighted by atomic mass is 19.4. The Bertz CT molecular complexity index is 1010. The summed E-state index contributed by atoms with van der Waals surface area (Å²) in [5.41, 5.74) is 0.0743. The molecule has 1 atom stereocenters. The molecule has 0 spiro atoms. The molecule has 208 valence electrons. The molecule has 9 nitrogen and oxygen atoms in total. The molecule has 0 saturated heterocycles. The SMILES string of the molecule is CCc1cc(OC(F)(F)F)cc2c1CC(C(F)(F)F)C(C(=O)OCOC(=O)OCC(C)(C)CONO)=C2. The molecule has 0 bridgehead atoms. The second kappa shape index (κ2) is 12.0. The monoisotopic (exact) mass is 545 g/mol. The molecule has 0 heterocycles. The lowest BCUT2D eigenvalue weighted by atomic mass is 9.80. The standard InChI is InChI=1S/C22H25F6NO8/c1-4-12-5-14(37-22(26,27)28)6-13-7-16(17(8-15(12)13)21(23,24)25)18(30)34-11-35-19(31)33-9-20(2,3)10-36-29-32/h5-7,17,29,32H,4,8-11H2,1-3H3. The zero-order valence-electron chi connectivity index (χ0n) is 19.9. The minimum atomic E-state index is -5.03. The van der Waals surface area contributed by atoms with Gasteiger partial charge in [-0.1, -0.05) is 26.4 Å². The van der Waals surface area contributed by atoms with Crippen LogP contribution in [-0.4, -0.2) is 49.9 Å². The third kappa shape index (κ3) is 9.09. The summed E-state index contributed by atoms with van der Waals surface area (Å²) in [7, 11) is 0. The number of esters is 1. The lowest BCUT2D eigenvalue weighted by Crippen LogP contribution is -2.34. The van der Waals surface area contributed by atoms with Gasteiger partial charge in [0, 0.05) is 5.41 Å². The topological polar surface area (TPSA) is 113 Å². The van der Waals surface area contributed by atoms with Crippen molar-refractivity contribution >= 4 is 18.2 Å². The average molecular weight is 545 g/mol. The van der Waals surface area contributed by atoms with Gasteiger partial charge < -0.3 is 18.9 Å². The number of carbonyl (C=O) groups excluding carboxylic acids is 2. The van der Waals surface area contributed by atoms with E-state index in [1.807, 2.05) is 0 Å². The van der Waals surface area contributed by atoms with E-state index < -0.39 is 60.5 Å². The zero-order valence-corrected chi connectivity index (χ0v) is 19.9. The van der Waals surface area contributed by atoms with Gasteiger partial charge >= 0.3 is 24.7 Å². The summed E-state index contributed by atoms with van der Waals surface area (Å²) in [5, 5.41) is 8.41. The predicted octanol–water partition coefficient (Wildman–Crippen LogP) is 4.86. The van der Waals surface area contributed by atoms with Crippen molar-refractivity contribution in [3.8, 4) is 5.75 Å². The van der Waals surface area contributed by atoms with Crippen LogP contribution in [0, 0.1) is 11.3 Å². The van der Waals surface area contributed by atoms with Gasteiger partial charge in [-0.05, 0) is 47.7 Å². The van der Waals surface area contributed by atoms with Crippen LogP contribution in [0.1, 0.15) is 37.5 Å². The highest BCUT2D eigenvalue weighted by molar-refractivity contribution is 5.95. The maximum absolute atomic E-state index is 13.8. The van der Waals surface area contributed by atoms with E-state index in [0.717, 1.165) is 18.2 Å². The molecule has 0 saturated carbocycles. The first-order valence-corrected chi connectivity index (χ1v) is 10.7. The highest BCUT2D eigenvalue weighted by Crippen LogP contribution is 2.42. The second-order valence-corrected chi connectivity index (χ2v) is 8.73. The number of hydrogen-bond acceptors (Lipinski definition) is 9. The van der Waals surface area contributed by atoms with Crippen LogP contribution >= 0.6 is 0 Å². The Morgan fingerprint density at radius 2 is 1.73 bits per heavy atom. The lowest BCUT2D eigenvalue weighted by Gasteiger charge is -2.28. The molecule has 0 amide bonds. The normalized spacial score (nSPS) is 15.9. The van der Waals surface area contributed by atoms with Crippen LogP contribution in [0.5, 0.6) is 5.75 Å². The number of ether oxygens (including phenoxy) is 4. The van der Waals surface area contributed by atoms with Crippen LogP contribution in [0.25, 0.3) is 6.08 Å². The summed E-state index contributed by atoms with van der Waals surface area (Å²) in [5.74, 6) is -4.43. The number of alkyl halides is 6. The van der Waals surface area contributed by atoms with Gasteiger partial charge in [0.2, 0.25) is 6.79 Å². The Balaban J connectivity index is 2.16. The minimum Gasteiger partial charge on any atom is -0.434 e. The van der Waals surface area contributed by atoms with Gasteiger partial charge in [0.05, 0.1) is 18.1 Å². The van der Waals surface area contributed by atoms with Crippen LogP contribution in [-0.2, 0) is 36.7 Å². The number of carbonyl (C=O) groups is 2. The molecule has 1 aromatic rings. The summed E-state index contributed by atoms with van der Waals surface area (Å²) < 4.78 is 97.2. The Kier molecular flexibility index (Phi) is 9.79. The fraction of sp³-hybridized carbons (Fsp3) is 0.545. The molecule has 0 aliphatic heterocycles. The van der Waals surface area contributed by atoms with Gasteiger partial charge in [-0.3, -0.25) is 10.0 Å². The third-order valence-corrected chi connectivity index (χ3v) is 5.17. The van der Waals surface area contributed by atoms with E-state index in [1.54, 1.807) is 20.8 Å². The van der Waals surface area contributed by atoms with E-state index in [-0.39, 0.29) is 36.3 Å². The first-order chi connectivity index (χ1) is 17.1. The molecule has 1 aromatic carbocycles. The largest absolute Gasteiger partial charge is 0.573 e. The molecule has 1 aliphatic rings. The Morgan fingerprint density at radius 1 is 1.05 bits per heavy atom. The number of benzene rings is 1. The molecule has 1 unspecified atom stereocenters. The van der Waals surface area contributed by atoms with Crippen molar-refractivity contribution in [2.75, 3.05) is 20.0 Å². The van der Waals surface area contributed by atoms with E-state index >= 15 is 0 Å². The zero-order chi connectivity index (χ0) is 28.0. The van der Waals surface area contributed by atoms with E-state index in [9.17, 15) is 35.9 Å². The molecule has 0 radical (unpaired) electrons. The molecule has 0 aromatic heterocycles. The molecular formula is C22H25F6NO8. The second-order valence-electron chi connectivity index (χ2n) is 8.73. The summed E-state index contributed by atoms with van der Waals surface area (Å²) in [6.07, 6.45) is -11.0. The van der Waals surface area contributed by atoms with Crippen molar-refractivity contribution in [1.29, 1.82) is 0 Å². The van der Waals surface area contributed by atoms with Crippen LogP contribution in [0.4, 0.5) is 31.1 Å².